The van der Waals surface area contributed by atoms with E-state index >= 15 is 0 Å². The lowest BCUT2D eigenvalue weighted by atomic mass is 10.4. The van der Waals surface area contributed by atoms with Crippen LogP contribution in [0.1, 0.15) is 23.4 Å². The molecule has 116 valence electrons. The van der Waals surface area contributed by atoms with Crippen LogP contribution >= 0.6 is 35.3 Å². The lowest BCUT2D eigenvalue weighted by Gasteiger charge is -2.10. The first-order valence-corrected chi connectivity index (χ1v) is 7.48. The van der Waals surface area contributed by atoms with Gasteiger partial charge in [0, 0.05) is 18.5 Å². The largest absolute Gasteiger partial charge is 0.357 e. The molecule has 0 aromatic carbocycles. The summed E-state index contributed by atoms with van der Waals surface area (Å²) >= 11 is 1.73. The molecule has 0 atom stereocenters. The minimum absolute atomic E-state index is 0. The van der Waals surface area contributed by atoms with Crippen molar-refractivity contribution in [2.24, 2.45) is 12.0 Å². The number of hydrogen-bond acceptors (Lipinski definition) is 4. The standard InChI is InChI=1S/C13H20N6S.HI/c1-4-14-13(15-8-11-6-5-7-20-11)16-9-12-18-17-10(2)19(12)3;/h5-7H,4,8-9H2,1-3H3,(H2,14,15,16);1H. The van der Waals surface area contributed by atoms with Crippen LogP contribution in [0.15, 0.2) is 22.5 Å². The van der Waals surface area contributed by atoms with Gasteiger partial charge < -0.3 is 15.2 Å². The molecule has 0 unspecified atom stereocenters. The van der Waals surface area contributed by atoms with Crippen molar-refractivity contribution in [1.29, 1.82) is 0 Å². The van der Waals surface area contributed by atoms with Crippen LogP contribution < -0.4 is 10.6 Å². The van der Waals surface area contributed by atoms with Gasteiger partial charge in [0.15, 0.2) is 11.8 Å². The lowest BCUT2D eigenvalue weighted by molar-refractivity contribution is 0.757. The third-order valence-corrected chi connectivity index (χ3v) is 3.79. The molecule has 0 bridgehead atoms. The molecule has 0 fully saturated rings. The van der Waals surface area contributed by atoms with Crippen LogP contribution in [-0.2, 0) is 20.1 Å². The van der Waals surface area contributed by atoms with Gasteiger partial charge in [0.2, 0.25) is 0 Å². The molecule has 8 heteroatoms. The average molecular weight is 420 g/mol. The van der Waals surface area contributed by atoms with E-state index in [2.05, 4.69) is 44.2 Å². The average Bonchev–Trinajstić information content (AvgIpc) is 3.06. The van der Waals surface area contributed by atoms with Gasteiger partial charge in [0.1, 0.15) is 12.4 Å². The number of halogens is 1. The highest BCUT2D eigenvalue weighted by molar-refractivity contribution is 14.0. The molecule has 2 rings (SSSR count). The van der Waals surface area contributed by atoms with E-state index in [1.807, 2.05) is 24.6 Å². The number of guanidine groups is 1. The van der Waals surface area contributed by atoms with E-state index in [1.165, 1.54) is 4.88 Å². The quantitative estimate of drug-likeness (QED) is 0.442. The predicted molar refractivity (Wildman–Crippen MR) is 97.1 cm³/mol. The zero-order valence-electron chi connectivity index (χ0n) is 12.5. The molecule has 0 saturated heterocycles. The van der Waals surface area contributed by atoms with E-state index < -0.39 is 0 Å². The molecule has 2 aromatic heterocycles. The Balaban J connectivity index is 0.00000220. The number of aliphatic imine (C=N–C) groups is 1. The molecule has 21 heavy (non-hydrogen) atoms. The molecule has 0 aliphatic carbocycles. The Morgan fingerprint density at radius 1 is 1.38 bits per heavy atom. The van der Waals surface area contributed by atoms with Gasteiger partial charge in [0.05, 0.1) is 6.54 Å². The molecular weight excluding hydrogens is 399 g/mol. The Labute approximate surface area is 146 Å². The molecule has 0 spiro atoms. The summed E-state index contributed by atoms with van der Waals surface area (Å²) in [6.07, 6.45) is 0. The maximum Gasteiger partial charge on any atom is 0.191 e. The molecule has 2 aromatic rings. The number of aromatic nitrogens is 3. The van der Waals surface area contributed by atoms with Crippen molar-refractivity contribution < 1.29 is 0 Å². The van der Waals surface area contributed by atoms with Crippen molar-refractivity contribution in [3.63, 3.8) is 0 Å². The van der Waals surface area contributed by atoms with Crippen molar-refractivity contribution in [3.05, 3.63) is 34.0 Å². The van der Waals surface area contributed by atoms with E-state index in [0.717, 1.165) is 30.7 Å². The Kier molecular flexibility index (Phi) is 7.65. The molecule has 0 aliphatic heterocycles. The maximum atomic E-state index is 4.53. The lowest BCUT2D eigenvalue weighted by Crippen LogP contribution is -2.36. The summed E-state index contributed by atoms with van der Waals surface area (Å²) in [7, 11) is 1.95. The van der Waals surface area contributed by atoms with Gasteiger partial charge in [-0.1, -0.05) is 6.07 Å². The number of aryl methyl sites for hydroxylation is 1. The highest BCUT2D eigenvalue weighted by Gasteiger charge is 2.04. The van der Waals surface area contributed by atoms with Crippen LogP contribution in [0.25, 0.3) is 0 Å². The number of nitrogens with zero attached hydrogens (tertiary/aromatic N) is 4. The maximum absolute atomic E-state index is 4.53. The van der Waals surface area contributed by atoms with E-state index in [1.54, 1.807) is 11.3 Å². The molecule has 0 amide bonds. The summed E-state index contributed by atoms with van der Waals surface area (Å²) in [5.74, 6) is 2.55. The van der Waals surface area contributed by atoms with E-state index in [0.29, 0.717) is 6.54 Å². The Morgan fingerprint density at radius 3 is 2.76 bits per heavy atom. The number of hydrogen-bond donors (Lipinski definition) is 2. The van der Waals surface area contributed by atoms with Crippen molar-refractivity contribution in [1.82, 2.24) is 25.4 Å². The Morgan fingerprint density at radius 2 is 2.19 bits per heavy atom. The van der Waals surface area contributed by atoms with Crippen LogP contribution in [0.2, 0.25) is 0 Å². The zero-order valence-corrected chi connectivity index (χ0v) is 15.6. The Hall–Kier alpha value is -1.16. The fourth-order valence-electron chi connectivity index (χ4n) is 1.66. The fourth-order valence-corrected chi connectivity index (χ4v) is 2.31. The normalized spacial score (nSPS) is 11.1. The number of thiophene rings is 1. The summed E-state index contributed by atoms with van der Waals surface area (Å²) in [4.78, 5) is 5.82. The second-order valence-electron chi connectivity index (χ2n) is 4.35. The van der Waals surface area contributed by atoms with E-state index in [-0.39, 0.29) is 24.0 Å². The summed E-state index contributed by atoms with van der Waals surface area (Å²) in [5.41, 5.74) is 0. The van der Waals surface area contributed by atoms with Crippen LogP contribution in [0.4, 0.5) is 0 Å². The summed E-state index contributed by atoms with van der Waals surface area (Å²) in [6.45, 7) is 6.10. The Bertz CT molecular complexity index is 563. The smallest absolute Gasteiger partial charge is 0.191 e. The number of nitrogens with one attached hydrogen (secondary N) is 2. The molecule has 0 aliphatic rings. The van der Waals surface area contributed by atoms with Crippen LogP contribution in [0, 0.1) is 6.92 Å². The highest BCUT2D eigenvalue weighted by atomic mass is 127. The van der Waals surface area contributed by atoms with Crippen molar-refractivity contribution in [2.75, 3.05) is 6.54 Å². The second kappa shape index (κ2) is 8.98. The van der Waals surface area contributed by atoms with Crippen LogP contribution in [-0.4, -0.2) is 27.3 Å². The third-order valence-electron chi connectivity index (χ3n) is 2.92. The predicted octanol–water partition coefficient (Wildman–Crippen LogP) is 2.06. The van der Waals surface area contributed by atoms with Crippen molar-refractivity contribution >= 4 is 41.3 Å². The van der Waals surface area contributed by atoms with Gasteiger partial charge in [0.25, 0.3) is 0 Å². The first kappa shape index (κ1) is 17.9. The van der Waals surface area contributed by atoms with Crippen LogP contribution in [0.5, 0.6) is 0 Å². The third kappa shape index (κ3) is 5.27. The summed E-state index contributed by atoms with van der Waals surface area (Å²) in [6, 6.07) is 4.15. The van der Waals surface area contributed by atoms with Crippen LogP contribution in [0.3, 0.4) is 0 Å². The van der Waals surface area contributed by atoms with Gasteiger partial charge in [-0.05, 0) is 25.3 Å². The van der Waals surface area contributed by atoms with Gasteiger partial charge >= 0.3 is 0 Å². The molecule has 2 N–H and O–H groups in total. The molecule has 0 saturated carbocycles. The van der Waals surface area contributed by atoms with Gasteiger partial charge in [-0.3, -0.25) is 0 Å². The highest BCUT2D eigenvalue weighted by Crippen LogP contribution is 2.07. The van der Waals surface area contributed by atoms with E-state index in [9.17, 15) is 0 Å². The molecular formula is C13H21IN6S. The van der Waals surface area contributed by atoms with Gasteiger partial charge in [-0.2, -0.15) is 0 Å². The zero-order chi connectivity index (χ0) is 14.4. The van der Waals surface area contributed by atoms with Gasteiger partial charge in [-0.15, -0.1) is 45.5 Å². The van der Waals surface area contributed by atoms with E-state index in [4.69, 9.17) is 0 Å². The van der Waals surface area contributed by atoms with Crippen molar-refractivity contribution in [2.45, 2.75) is 26.9 Å². The fraction of sp³-hybridized carbons (Fsp3) is 0.462. The molecule has 0 radical (unpaired) electrons. The summed E-state index contributed by atoms with van der Waals surface area (Å²) < 4.78 is 1.95. The first-order chi connectivity index (χ1) is 9.70. The molecule has 2 heterocycles. The SMILES string of the molecule is CCNC(=NCc1nnc(C)n1C)NCc1cccs1.I. The monoisotopic (exact) mass is 420 g/mol. The van der Waals surface area contributed by atoms with Gasteiger partial charge in [-0.25, -0.2) is 4.99 Å². The van der Waals surface area contributed by atoms with Crippen molar-refractivity contribution in [3.8, 4) is 0 Å². The summed E-state index contributed by atoms with van der Waals surface area (Å²) in [5, 5.41) is 16.8. The molecule has 6 nitrogen and oxygen atoms in total. The first-order valence-electron chi connectivity index (χ1n) is 6.60. The topological polar surface area (TPSA) is 67.1 Å². The minimum Gasteiger partial charge on any atom is -0.357 e. The second-order valence-corrected chi connectivity index (χ2v) is 5.38. The number of rotatable bonds is 5. The minimum atomic E-state index is 0.